The topological polar surface area (TPSA) is 37.8 Å². The van der Waals surface area contributed by atoms with Gasteiger partial charge in [0.2, 0.25) is 0 Å². The molecule has 4 aliphatic rings. The predicted molar refractivity (Wildman–Crippen MR) is 93.5 cm³/mol. The minimum absolute atomic E-state index is 0.300. The summed E-state index contributed by atoms with van der Waals surface area (Å²) < 4.78 is 1.20. The molecule has 21 heavy (non-hydrogen) atoms. The van der Waals surface area contributed by atoms with Gasteiger partial charge < -0.3 is 5.32 Å². The van der Waals surface area contributed by atoms with Crippen LogP contribution in [0.25, 0.3) is 0 Å². The van der Waals surface area contributed by atoms with E-state index >= 15 is 0 Å². The van der Waals surface area contributed by atoms with Crippen molar-refractivity contribution in [1.29, 1.82) is 0 Å². The molecule has 5 rings (SSSR count). The quantitative estimate of drug-likeness (QED) is 0.779. The molecule has 0 saturated heterocycles. The fourth-order valence-corrected chi connectivity index (χ4v) is 6.41. The van der Waals surface area contributed by atoms with E-state index in [0.717, 1.165) is 35.8 Å². The second kappa shape index (κ2) is 5.07. The monoisotopic (exact) mass is 397 g/mol. The van der Waals surface area contributed by atoms with E-state index in [-0.39, 0.29) is 0 Å². The van der Waals surface area contributed by atoms with Gasteiger partial charge in [-0.25, -0.2) is 9.97 Å². The Balaban J connectivity index is 1.79. The highest BCUT2D eigenvalue weighted by atomic mass is 127. The average molecular weight is 397 g/mol. The van der Waals surface area contributed by atoms with Crippen molar-refractivity contribution in [2.24, 2.45) is 17.8 Å². The summed E-state index contributed by atoms with van der Waals surface area (Å²) >= 11 is 2.39. The molecule has 4 aliphatic carbocycles. The van der Waals surface area contributed by atoms with Crippen molar-refractivity contribution in [1.82, 2.24) is 9.97 Å². The molecule has 4 fully saturated rings. The zero-order chi connectivity index (χ0) is 14.6. The van der Waals surface area contributed by atoms with E-state index in [2.05, 4.69) is 34.8 Å². The summed E-state index contributed by atoms with van der Waals surface area (Å²) in [7, 11) is 1.98. The summed E-state index contributed by atoms with van der Waals surface area (Å²) in [6, 6.07) is 0. The molecule has 0 aromatic carbocycles. The third kappa shape index (κ3) is 2.20. The molecule has 0 unspecified atom stereocenters. The number of aromatic nitrogens is 2. The van der Waals surface area contributed by atoms with Crippen molar-refractivity contribution in [2.75, 3.05) is 12.4 Å². The summed E-state index contributed by atoms with van der Waals surface area (Å²) in [5, 5.41) is 3.28. The van der Waals surface area contributed by atoms with Gasteiger partial charge in [-0.2, -0.15) is 0 Å². The Morgan fingerprint density at radius 2 is 1.67 bits per heavy atom. The van der Waals surface area contributed by atoms with Gasteiger partial charge in [-0.15, -0.1) is 0 Å². The maximum Gasteiger partial charge on any atom is 0.143 e. The standard InChI is InChI=1S/C17H24IN3/c1-3-13-14(18)15(19-2)21-16(20-13)17-7-10-4-11(8-17)6-12(5-10)9-17/h10-12H,3-9H2,1-2H3,(H,19,20,21). The van der Waals surface area contributed by atoms with Crippen LogP contribution in [0, 0.1) is 21.3 Å². The van der Waals surface area contributed by atoms with Crippen LogP contribution in [0.5, 0.6) is 0 Å². The lowest BCUT2D eigenvalue weighted by molar-refractivity contribution is -0.00944. The number of hydrogen-bond acceptors (Lipinski definition) is 3. The van der Waals surface area contributed by atoms with Crippen LogP contribution >= 0.6 is 22.6 Å². The van der Waals surface area contributed by atoms with Crippen LogP contribution in [0.15, 0.2) is 0 Å². The van der Waals surface area contributed by atoms with Crippen molar-refractivity contribution in [3.8, 4) is 0 Å². The lowest BCUT2D eigenvalue weighted by Crippen LogP contribution is -2.49. The van der Waals surface area contributed by atoms with Gasteiger partial charge in [0.25, 0.3) is 0 Å². The van der Waals surface area contributed by atoms with E-state index in [1.165, 1.54) is 47.8 Å². The number of halogens is 1. The normalized spacial score (nSPS) is 37.0. The van der Waals surface area contributed by atoms with Crippen LogP contribution in [0.4, 0.5) is 5.82 Å². The number of aryl methyl sites for hydroxylation is 1. The fraction of sp³-hybridized carbons (Fsp3) is 0.765. The number of rotatable bonds is 3. The largest absolute Gasteiger partial charge is 0.372 e. The van der Waals surface area contributed by atoms with Crippen molar-refractivity contribution in [2.45, 2.75) is 57.3 Å². The summed E-state index contributed by atoms with van der Waals surface area (Å²) in [4.78, 5) is 9.99. The number of nitrogens with one attached hydrogen (secondary N) is 1. The molecule has 3 nitrogen and oxygen atoms in total. The van der Waals surface area contributed by atoms with E-state index in [9.17, 15) is 0 Å². The molecule has 4 bridgehead atoms. The Kier molecular flexibility index (Phi) is 3.43. The SMILES string of the molecule is CCc1nc(C23CC4CC(CC(C4)C2)C3)nc(NC)c1I. The van der Waals surface area contributed by atoms with E-state index in [4.69, 9.17) is 9.97 Å². The van der Waals surface area contributed by atoms with Crippen LogP contribution in [-0.2, 0) is 11.8 Å². The summed E-state index contributed by atoms with van der Waals surface area (Å²) in [6.07, 6.45) is 9.44. The van der Waals surface area contributed by atoms with Gasteiger partial charge in [0.05, 0.1) is 9.26 Å². The van der Waals surface area contributed by atoms with Gasteiger partial charge >= 0.3 is 0 Å². The number of nitrogens with zero attached hydrogens (tertiary/aromatic N) is 2. The summed E-state index contributed by atoms with van der Waals surface area (Å²) in [5.41, 5.74) is 1.52. The predicted octanol–water partition coefficient (Wildman–Crippen LogP) is 4.15. The van der Waals surface area contributed by atoms with E-state index in [0.29, 0.717) is 5.41 Å². The first-order valence-electron chi connectivity index (χ1n) is 8.38. The lowest BCUT2D eigenvalue weighted by atomic mass is 9.49. The van der Waals surface area contributed by atoms with Gasteiger partial charge in [-0.05, 0) is 85.3 Å². The van der Waals surface area contributed by atoms with Crippen LogP contribution < -0.4 is 5.32 Å². The third-order valence-corrected chi connectivity index (χ3v) is 7.14. The highest BCUT2D eigenvalue weighted by Crippen LogP contribution is 2.60. The molecular formula is C17H24IN3. The van der Waals surface area contributed by atoms with Crippen LogP contribution in [0.1, 0.15) is 57.0 Å². The molecule has 0 aliphatic heterocycles. The fourth-order valence-electron chi connectivity index (χ4n) is 5.52. The Bertz CT molecular complexity index is 509. The van der Waals surface area contributed by atoms with Crippen LogP contribution in [0.2, 0.25) is 0 Å². The van der Waals surface area contributed by atoms with Crippen molar-refractivity contribution in [3.05, 3.63) is 15.1 Å². The first kappa shape index (κ1) is 14.2. The van der Waals surface area contributed by atoms with E-state index in [1.807, 2.05) is 7.05 Å². The smallest absolute Gasteiger partial charge is 0.143 e. The van der Waals surface area contributed by atoms with Gasteiger partial charge in [0.15, 0.2) is 0 Å². The molecule has 1 aromatic heterocycles. The summed E-state index contributed by atoms with van der Waals surface area (Å²) in [6.45, 7) is 2.20. The first-order valence-corrected chi connectivity index (χ1v) is 9.46. The highest BCUT2D eigenvalue weighted by molar-refractivity contribution is 14.1. The minimum atomic E-state index is 0.300. The zero-order valence-electron chi connectivity index (χ0n) is 13.0. The molecule has 1 N–H and O–H groups in total. The second-order valence-corrected chi connectivity index (χ2v) is 8.54. The minimum Gasteiger partial charge on any atom is -0.372 e. The molecule has 1 aromatic rings. The highest BCUT2D eigenvalue weighted by Gasteiger charge is 2.53. The molecule has 0 spiro atoms. The zero-order valence-corrected chi connectivity index (χ0v) is 15.1. The van der Waals surface area contributed by atoms with Crippen molar-refractivity contribution in [3.63, 3.8) is 0 Å². The molecule has 114 valence electrons. The molecule has 4 saturated carbocycles. The van der Waals surface area contributed by atoms with Crippen LogP contribution in [0.3, 0.4) is 0 Å². The van der Waals surface area contributed by atoms with E-state index < -0.39 is 0 Å². The molecule has 0 amide bonds. The maximum atomic E-state index is 5.03. The van der Waals surface area contributed by atoms with Crippen molar-refractivity contribution >= 4 is 28.4 Å². The number of anilines is 1. The van der Waals surface area contributed by atoms with Gasteiger partial charge in [0, 0.05) is 12.5 Å². The molecule has 0 radical (unpaired) electrons. The maximum absolute atomic E-state index is 5.03. The molecule has 0 atom stereocenters. The lowest BCUT2D eigenvalue weighted by Gasteiger charge is -2.56. The Morgan fingerprint density at radius 1 is 1.10 bits per heavy atom. The first-order chi connectivity index (χ1) is 10.1. The van der Waals surface area contributed by atoms with Gasteiger partial charge in [-0.3, -0.25) is 0 Å². The Hall–Kier alpha value is -0.390. The van der Waals surface area contributed by atoms with Gasteiger partial charge in [-0.1, -0.05) is 6.92 Å². The molecule has 4 heteroatoms. The summed E-state index contributed by atoms with van der Waals surface area (Å²) in [5.74, 6) is 5.03. The Labute approximate surface area is 140 Å². The average Bonchev–Trinajstić information content (AvgIpc) is 2.46. The second-order valence-electron chi connectivity index (χ2n) is 7.46. The Morgan fingerprint density at radius 3 is 2.14 bits per heavy atom. The van der Waals surface area contributed by atoms with Gasteiger partial charge in [0.1, 0.15) is 11.6 Å². The van der Waals surface area contributed by atoms with Crippen LogP contribution in [-0.4, -0.2) is 17.0 Å². The van der Waals surface area contributed by atoms with Crippen molar-refractivity contribution < 1.29 is 0 Å². The number of hydrogen-bond donors (Lipinski definition) is 1. The van der Waals surface area contributed by atoms with E-state index in [1.54, 1.807) is 0 Å². The molecular weight excluding hydrogens is 373 g/mol. The molecule has 1 heterocycles. The third-order valence-electron chi connectivity index (χ3n) is 6.00.